The highest BCUT2D eigenvalue weighted by molar-refractivity contribution is 5.97. The average Bonchev–Trinajstić information content (AvgIpc) is 2.59. The fourth-order valence-corrected chi connectivity index (χ4v) is 2.36. The summed E-state index contributed by atoms with van der Waals surface area (Å²) < 4.78 is 12.8. The summed E-state index contributed by atoms with van der Waals surface area (Å²) in [4.78, 5) is 14.2. The second-order valence-electron chi connectivity index (χ2n) is 5.27. The van der Waals surface area contributed by atoms with Crippen LogP contribution in [-0.2, 0) is 0 Å². The van der Waals surface area contributed by atoms with Crippen molar-refractivity contribution in [3.63, 3.8) is 0 Å². The van der Waals surface area contributed by atoms with Crippen LogP contribution in [0.25, 0.3) is 0 Å². The number of hydrogen-bond acceptors (Lipinski definition) is 2. The predicted octanol–water partition coefficient (Wildman–Crippen LogP) is 2.88. The molecule has 1 aliphatic rings. The molecule has 1 aromatic carbocycles. The van der Waals surface area contributed by atoms with Crippen molar-refractivity contribution in [3.05, 3.63) is 35.6 Å². The van der Waals surface area contributed by atoms with E-state index in [1.165, 1.54) is 12.1 Å². The van der Waals surface area contributed by atoms with Gasteiger partial charge in [0.25, 0.3) is 0 Å². The van der Waals surface area contributed by atoms with E-state index in [9.17, 15) is 9.18 Å². The van der Waals surface area contributed by atoms with E-state index in [1.807, 2.05) is 0 Å². The van der Waals surface area contributed by atoms with E-state index in [0.29, 0.717) is 12.1 Å². The first-order valence-electron chi connectivity index (χ1n) is 6.03. The average molecular weight is 235 g/mol. The number of Topliss-reactive ketones (excluding diaryl/α,β-unsaturated/α-hetero) is 1. The summed E-state index contributed by atoms with van der Waals surface area (Å²) in [5, 5.41) is 0. The van der Waals surface area contributed by atoms with Crippen LogP contribution in [0, 0.1) is 5.82 Å². The number of benzene rings is 1. The van der Waals surface area contributed by atoms with Crippen molar-refractivity contribution in [2.24, 2.45) is 0 Å². The van der Waals surface area contributed by atoms with Gasteiger partial charge in [-0.05, 0) is 57.5 Å². The van der Waals surface area contributed by atoms with E-state index in [2.05, 4.69) is 18.7 Å². The molecular weight excluding hydrogens is 217 g/mol. The van der Waals surface area contributed by atoms with Gasteiger partial charge in [-0.25, -0.2) is 4.39 Å². The van der Waals surface area contributed by atoms with Crippen molar-refractivity contribution in [3.8, 4) is 0 Å². The Morgan fingerprint density at radius 2 is 2.00 bits per heavy atom. The highest BCUT2D eigenvalue weighted by Gasteiger charge is 2.32. The second kappa shape index (κ2) is 4.57. The smallest absolute Gasteiger partial charge is 0.176 e. The first-order chi connectivity index (χ1) is 7.99. The van der Waals surface area contributed by atoms with Crippen LogP contribution in [-0.4, -0.2) is 29.3 Å². The minimum atomic E-state index is -0.303. The molecule has 0 bridgehead atoms. The molecule has 0 amide bonds. The van der Waals surface area contributed by atoms with Gasteiger partial charge >= 0.3 is 0 Å². The van der Waals surface area contributed by atoms with Crippen molar-refractivity contribution >= 4 is 5.78 Å². The SMILES string of the molecule is CC1(C)CCCN1CC(=O)c1ccc(F)cc1. The van der Waals surface area contributed by atoms with Crippen molar-refractivity contribution < 1.29 is 9.18 Å². The predicted molar refractivity (Wildman–Crippen MR) is 65.6 cm³/mol. The lowest BCUT2D eigenvalue weighted by molar-refractivity contribution is 0.0871. The van der Waals surface area contributed by atoms with Crippen molar-refractivity contribution in [2.45, 2.75) is 32.2 Å². The molecule has 1 aliphatic heterocycles. The standard InChI is InChI=1S/C14H18FNO/c1-14(2)8-3-9-16(14)10-13(17)11-4-6-12(15)7-5-11/h4-7H,3,8-10H2,1-2H3. The molecule has 0 N–H and O–H groups in total. The summed E-state index contributed by atoms with van der Waals surface area (Å²) in [6.07, 6.45) is 2.27. The Morgan fingerprint density at radius 1 is 1.35 bits per heavy atom. The van der Waals surface area contributed by atoms with E-state index in [1.54, 1.807) is 12.1 Å². The number of nitrogens with zero attached hydrogens (tertiary/aromatic N) is 1. The van der Waals surface area contributed by atoms with Crippen LogP contribution in [0.1, 0.15) is 37.0 Å². The molecule has 0 aliphatic carbocycles. The number of likely N-dealkylation sites (tertiary alicyclic amines) is 1. The molecule has 0 saturated carbocycles. The van der Waals surface area contributed by atoms with Gasteiger partial charge in [-0.3, -0.25) is 9.69 Å². The summed E-state index contributed by atoms with van der Waals surface area (Å²) in [5.41, 5.74) is 0.699. The second-order valence-corrected chi connectivity index (χ2v) is 5.27. The number of ketones is 1. The molecule has 1 fully saturated rings. The molecule has 0 spiro atoms. The molecule has 0 radical (unpaired) electrons. The topological polar surface area (TPSA) is 20.3 Å². The Balaban J connectivity index is 2.04. The highest BCUT2D eigenvalue weighted by atomic mass is 19.1. The van der Waals surface area contributed by atoms with Gasteiger partial charge in [-0.2, -0.15) is 0 Å². The maximum atomic E-state index is 12.8. The van der Waals surface area contributed by atoms with Crippen molar-refractivity contribution in [2.75, 3.05) is 13.1 Å². The van der Waals surface area contributed by atoms with E-state index < -0.39 is 0 Å². The van der Waals surface area contributed by atoms with E-state index in [4.69, 9.17) is 0 Å². The first kappa shape index (κ1) is 12.2. The lowest BCUT2D eigenvalue weighted by Crippen LogP contribution is -2.41. The molecule has 17 heavy (non-hydrogen) atoms. The van der Waals surface area contributed by atoms with Crippen LogP contribution in [0.5, 0.6) is 0 Å². The van der Waals surface area contributed by atoms with Gasteiger partial charge in [0.2, 0.25) is 0 Å². The number of halogens is 1. The Morgan fingerprint density at radius 3 is 2.53 bits per heavy atom. The van der Waals surface area contributed by atoms with Crippen LogP contribution >= 0.6 is 0 Å². The number of rotatable bonds is 3. The Labute approximate surface area is 101 Å². The third-order valence-corrected chi connectivity index (χ3v) is 3.57. The quantitative estimate of drug-likeness (QED) is 0.751. The van der Waals surface area contributed by atoms with Gasteiger partial charge in [-0.1, -0.05) is 0 Å². The molecule has 0 atom stereocenters. The summed E-state index contributed by atoms with van der Waals surface area (Å²) in [5.74, 6) is -0.233. The zero-order chi connectivity index (χ0) is 12.5. The Bertz CT molecular complexity index is 411. The highest BCUT2D eigenvalue weighted by Crippen LogP contribution is 2.28. The zero-order valence-corrected chi connectivity index (χ0v) is 10.4. The number of carbonyl (C=O) groups excluding carboxylic acids is 1. The van der Waals surface area contributed by atoms with Gasteiger partial charge in [0.15, 0.2) is 5.78 Å². The zero-order valence-electron chi connectivity index (χ0n) is 10.4. The fourth-order valence-electron chi connectivity index (χ4n) is 2.36. The number of carbonyl (C=O) groups is 1. The molecule has 92 valence electrons. The molecule has 1 heterocycles. The van der Waals surface area contributed by atoms with Crippen LogP contribution in [0.4, 0.5) is 4.39 Å². The largest absolute Gasteiger partial charge is 0.293 e. The Kier molecular flexibility index (Phi) is 3.29. The third kappa shape index (κ3) is 2.72. The molecule has 0 aromatic heterocycles. The normalized spacial score (nSPS) is 19.5. The molecule has 3 heteroatoms. The van der Waals surface area contributed by atoms with E-state index >= 15 is 0 Å². The van der Waals surface area contributed by atoms with E-state index in [-0.39, 0.29) is 17.1 Å². The molecule has 1 aromatic rings. The third-order valence-electron chi connectivity index (χ3n) is 3.57. The lowest BCUT2D eigenvalue weighted by atomic mass is 10.0. The summed E-state index contributed by atoms with van der Waals surface area (Å²) >= 11 is 0. The first-order valence-corrected chi connectivity index (χ1v) is 6.03. The fraction of sp³-hybridized carbons (Fsp3) is 0.500. The molecule has 2 rings (SSSR count). The summed E-state index contributed by atoms with van der Waals surface area (Å²) in [6, 6.07) is 5.78. The molecule has 2 nitrogen and oxygen atoms in total. The van der Waals surface area contributed by atoms with Crippen LogP contribution in [0.2, 0.25) is 0 Å². The van der Waals surface area contributed by atoms with Crippen LogP contribution < -0.4 is 0 Å². The Hall–Kier alpha value is -1.22. The minimum absolute atomic E-state index is 0.0694. The van der Waals surface area contributed by atoms with Crippen molar-refractivity contribution in [1.29, 1.82) is 0 Å². The minimum Gasteiger partial charge on any atom is -0.293 e. The van der Waals surface area contributed by atoms with Gasteiger partial charge < -0.3 is 0 Å². The lowest BCUT2D eigenvalue weighted by Gasteiger charge is -2.30. The summed E-state index contributed by atoms with van der Waals surface area (Å²) in [6.45, 7) is 5.73. The monoisotopic (exact) mass is 235 g/mol. The maximum Gasteiger partial charge on any atom is 0.176 e. The maximum absolute atomic E-state index is 12.8. The van der Waals surface area contributed by atoms with Gasteiger partial charge in [0, 0.05) is 11.1 Å². The van der Waals surface area contributed by atoms with Crippen LogP contribution in [0.3, 0.4) is 0 Å². The van der Waals surface area contributed by atoms with Crippen molar-refractivity contribution in [1.82, 2.24) is 4.90 Å². The van der Waals surface area contributed by atoms with Gasteiger partial charge in [-0.15, -0.1) is 0 Å². The molecular formula is C14H18FNO. The molecule has 0 unspecified atom stereocenters. The van der Waals surface area contributed by atoms with Crippen LogP contribution in [0.15, 0.2) is 24.3 Å². The summed E-state index contributed by atoms with van der Waals surface area (Å²) in [7, 11) is 0. The number of hydrogen-bond donors (Lipinski definition) is 0. The van der Waals surface area contributed by atoms with Gasteiger partial charge in [0.1, 0.15) is 5.82 Å². The van der Waals surface area contributed by atoms with E-state index in [0.717, 1.165) is 19.4 Å². The van der Waals surface area contributed by atoms with Gasteiger partial charge in [0.05, 0.1) is 6.54 Å². The molecule has 1 saturated heterocycles.